The molecule has 1 aliphatic rings. The van der Waals surface area contributed by atoms with Gasteiger partial charge in [0.1, 0.15) is 0 Å². The van der Waals surface area contributed by atoms with Gasteiger partial charge in [-0.05, 0) is 42.5 Å². The second-order valence-corrected chi connectivity index (χ2v) is 6.79. The molecule has 0 bridgehead atoms. The van der Waals surface area contributed by atoms with Gasteiger partial charge in [0, 0.05) is 0 Å². The van der Waals surface area contributed by atoms with E-state index in [0.717, 1.165) is 19.3 Å². The molecule has 1 heterocycles. The minimum atomic E-state index is -0.759. The molecular weight excluding hydrogens is 328 g/mol. The monoisotopic (exact) mass is 350 g/mol. The van der Waals surface area contributed by atoms with Gasteiger partial charge >= 0.3 is 0 Å². The fraction of sp³-hybridized carbons (Fsp3) is 0.333. The number of hydrogen-bond donors (Lipinski definition) is 1. The molecule has 1 aromatic heterocycles. The molecule has 5 heteroatoms. The quantitative estimate of drug-likeness (QED) is 0.768. The summed E-state index contributed by atoms with van der Waals surface area (Å²) in [5, 5.41) is 10.9. The van der Waals surface area contributed by atoms with Crippen LogP contribution in [0.1, 0.15) is 30.1 Å². The first kappa shape index (κ1) is 16.9. The third kappa shape index (κ3) is 3.41. The molecule has 5 nitrogen and oxygen atoms in total. The van der Waals surface area contributed by atoms with Crippen molar-refractivity contribution in [1.29, 1.82) is 0 Å². The molecule has 134 valence electrons. The summed E-state index contributed by atoms with van der Waals surface area (Å²) in [5.74, 6) is 0. The zero-order valence-electron chi connectivity index (χ0n) is 14.5. The van der Waals surface area contributed by atoms with Gasteiger partial charge in [-0.3, -0.25) is 9.36 Å². The Morgan fingerprint density at radius 2 is 2.00 bits per heavy atom. The Morgan fingerprint density at radius 3 is 2.92 bits per heavy atom. The molecular formula is C21H22N2O3. The highest BCUT2D eigenvalue weighted by atomic mass is 16.5. The largest absolute Gasteiger partial charge is 0.389 e. The molecule has 0 amide bonds. The van der Waals surface area contributed by atoms with E-state index in [1.165, 1.54) is 22.0 Å². The second kappa shape index (κ2) is 7.40. The maximum atomic E-state index is 12.5. The van der Waals surface area contributed by atoms with Crippen molar-refractivity contribution < 1.29 is 9.84 Å². The lowest BCUT2D eigenvalue weighted by Gasteiger charge is -2.26. The lowest BCUT2D eigenvalue weighted by Crippen LogP contribution is -2.30. The Morgan fingerprint density at radius 1 is 1.19 bits per heavy atom. The van der Waals surface area contributed by atoms with E-state index in [-0.39, 0.29) is 24.8 Å². The average molecular weight is 350 g/mol. The molecule has 0 saturated carbocycles. The standard InChI is InChI=1S/C21H22N2O3/c24-16(12-23-14-22-19-10-4-3-9-18(19)21(23)25)13-26-20-11-5-7-15-6-1-2-8-17(15)20/h1-4,6,8-10,14,16,20,24H,5,7,11-13H2/t16-,20-/m0/s1. The molecule has 4 rings (SSSR count). The molecule has 0 radical (unpaired) electrons. The van der Waals surface area contributed by atoms with Crippen molar-refractivity contribution in [2.45, 2.75) is 38.0 Å². The number of aromatic nitrogens is 2. The van der Waals surface area contributed by atoms with Crippen molar-refractivity contribution in [1.82, 2.24) is 9.55 Å². The van der Waals surface area contributed by atoms with Crippen LogP contribution in [0.4, 0.5) is 0 Å². The van der Waals surface area contributed by atoms with Crippen LogP contribution in [0.15, 0.2) is 59.7 Å². The summed E-state index contributed by atoms with van der Waals surface area (Å²) in [6.07, 6.45) is 3.87. The van der Waals surface area contributed by atoms with Crippen molar-refractivity contribution in [3.63, 3.8) is 0 Å². The fourth-order valence-corrected chi connectivity index (χ4v) is 3.63. The van der Waals surface area contributed by atoms with Crippen LogP contribution in [0.2, 0.25) is 0 Å². The Kier molecular flexibility index (Phi) is 4.82. The molecule has 0 aliphatic heterocycles. The molecule has 0 saturated heterocycles. The predicted molar refractivity (Wildman–Crippen MR) is 100 cm³/mol. The summed E-state index contributed by atoms with van der Waals surface area (Å²) in [4.78, 5) is 16.8. The van der Waals surface area contributed by atoms with Crippen molar-refractivity contribution in [3.05, 3.63) is 76.3 Å². The number of aliphatic hydroxyl groups excluding tert-OH is 1. The van der Waals surface area contributed by atoms with E-state index in [4.69, 9.17) is 4.74 Å². The van der Waals surface area contributed by atoms with Gasteiger partial charge in [0.05, 0.1) is 42.6 Å². The molecule has 0 spiro atoms. The Labute approximate surface area is 151 Å². The number of rotatable bonds is 5. The van der Waals surface area contributed by atoms with E-state index < -0.39 is 6.10 Å². The van der Waals surface area contributed by atoms with E-state index in [2.05, 4.69) is 23.2 Å². The van der Waals surface area contributed by atoms with Gasteiger partial charge in [-0.25, -0.2) is 4.98 Å². The topological polar surface area (TPSA) is 64.4 Å². The SMILES string of the molecule is O=c1c2ccccc2ncn1C[C@H](O)CO[C@H]1CCCc2ccccc21. The Balaban J connectivity index is 1.43. The van der Waals surface area contributed by atoms with Crippen molar-refractivity contribution in [2.75, 3.05) is 6.61 Å². The zero-order valence-corrected chi connectivity index (χ0v) is 14.5. The molecule has 1 aliphatic carbocycles. The van der Waals surface area contributed by atoms with Gasteiger partial charge in [0.2, 0.25) is 0 Å². The number of para-hydroxylation sites is 1. The molecule has 0 unspecified atom stereocenters. The maximum Gasteiger partial charge on any atom is 0.261 e. The summed E-state index contributed by atoms with van der Waals surface area (Å²) >= 11 is 0. The van der Waals surface area contributed by atoms with Gasteiger partial charge in [-0.1, -0.05) is 36.4 Å². The molecule has 26 heavy (non-hydrogen) atoms. The predicted octanol–water partition coefficient (Wildman–Crippen LogP) is 2.85. The summed E-state index contributed by atoms with van der Waals surface area (Å²) in [7, 11) is 0. The van der Waals surface area contributed by atoms with Crippen molar-refractivity contribution in [2.24, 2.45) is 0 Å². The normalized spacial score (nSPS) is 17.8. The summed E-state index contributed by atoms with van der Waals surface area (Å²) in [6.45, 7) is 0.364. The van der Waals surface area contributed by atoms with Gasteiger partial charge in [0.25, 0.3) is 5.56 Å². The summed E-state index contributed by atoms with van der Waals surface area (Å²) in [5.41, 5.74) is 3.07. The highest BCUT2D eigenvalue weighted by Crippen LogP contribution is 2.32. The Hall–Kier alpha value is -2.50. The number of aryl methyl sites for hydroxylation is 1. The van der Waals surface area contributed by atoms with Crippen LogP contribution in [0.25, 0.3) is 10.9 Å². The van der Waals surface area contributed by atoms with E-state index in [1.807, 2.05) is 18.2 Å². The van der Waals surface area contributed by atoms with Crippen LogP contribution in [0.3, 0.4) is 0 Å². The highest BCUT2D eigenvalue weighted by Gasteiger charge is 2.21. The summed E-state index contributed by atoms with van der Waals surface area (Å²) < 4.78 is 7.43. The van der Waals surface area contributed by atoms with Crippen LogP contribution in [-0.2, 0) is 17.7 Å². The van der Waals surface area contributed by atoms with E-state index >= 15 is 0 Å². The average Bonchev–Trinajstić information content (AvgIpc) is 2.69. The van der Waals surface area contributed by atoms with Gasteiger partial charge in [-0.2, -0.15) is 0 Å². The lowest BCUT2D eigenvalue weighted by atomic mass is 9.89. The van der Waals surface area contributed by atoms with Gasteiger partial charge < -0.3 is 9.84 Å². The molecule has 2 atom stereocenters. The van der Waals surface area contributed by atoms with Crippen LogP contribution in [0, 0.1) is 0 Å². The molecule has 3 aromatic rings. The first-order valence-electron chi connectivity index (χ1n) is 9.04. The molecule has 1 N–H and O–H groups in total. The van der Waals surface area contributed by atoms with Gasteiger partial charge in [-0.15, -0.1) is 0 Å². The van der Waals surface area contributed by atoms with Crippen LogP contribution in [-0.4, -0.2) is 27.4 Å². The minimum absolute atomic E-state index is 0.0149. The summed E-state index contributed by atoms with van der Waals surface area (Å²) in [6, 6.07) is 15.5. The molecule has 2 aromatic carbocycles. The number of ether oxygens (including phenoxy) is 1. The Bertz CT molecular complexity index is 967. The molecule has 0 fully saturated rings. The van der Waals surface area contributed by atoms with Crippen molar-refractivity contribution >= 4 is 10.9 Å². The number of aliphatic hydroxyl groups is 1. The number of nitrogens with zero attached hydrogens (tertiary/aromatic N) is 2. The smallest absolute Gasteiger partial charge is 0.261 e. The lowest BCUT2D eigenvalue weighted by molar-refractivity contribution is -0.0228. The first-order valence-corrected chi connectivity index (χ1v) is 9.04. The van der Waals surface area contributed by atoms with Gasteiger partial charge in [0.15, 0.2) is 0 Å². The third-order valence-electron chi connectivity index (χ3n) is 4.94. The number of fused-ring (bicyclic) bond motifs is 2. The second-order valence-electron chi connectivity index (χ2n) is 6.79. The zero-order chi connectivity index (χ0) is 17.9. The fourth-order valence-electron chi connectivity index (χ4n) is 3.63. The van der Waals surface area contributed by atoms with E-state index in [9.17, 15) is 9.90 Å². The number of benzene rings is 2. The first-order chi connectivity index (χ1) is 12.7. The van der Waals surface area contributed by atoms with E-state index in [0.29, 0.717) is 10.9 Å². The van der Waals surface area contributed by atoms with Crippen LogP contribution in [0.5, 0.6) is 0 Å². The maximum absolute atomic E-state index is 12.5. The van der Waals surface area contributed by atoms with Crippen LogP contribution < -0.4 is 5.56 Å². The van der Waals surface area contributed by atoms with Crippen LogP contribution >= 0.6 is 0 Å². The number of hydrogen-bond acceptors (Lipinski definition) is 4. The minimum Gasteiger partial charge on any atom is -0.389 e. The highest BCUT2D eigenvalue weighted by molar-refractivity contribution is 5.76. The van der Waals surface area contributed by atoms with Crippen molar-refractivity contribution in [3.8, 4) is 0 Å². The van der Waals surface area contributed by atoms with E-state index in [1.54, 1.807) is 12.1 Å². The third-order valence-corrected chi connectivity index (χ3v) is 4.94.